The molecule has 1 aliphatic rings. The summed E-state index contributed by atoms with van der Waals surface area (Å²) in [4.78, 5) is 19.7. The minimum absolute atomic E-state index is 0.108. The number of amides is 1. The quantitative estimate of drug-likeness (QED) is 0.859. The number of benzene rings is 1. The van der Waals surface area contributed by atoms with Crippen molar-refractivity contribution in [3.63, 3.8) is 0 Å². The number of carbonyl (C=O) groups is 1. The molecule has 0 saturated carbocycles. The standard InChI is InChI=1S/C17H17F2N3O2/c18-13-3-5-14(6-4-13)24-12-16(23)21-8-10-22(11-9-21)17-15(19)2-1-7-20-17/h1-7H,8-12H2. The zero-order valence-corrected chi connectivity index (χ0v) is 13.0. The van der Waals surface area contributed by atoms with Crippen molar-refractivity contribution in [2.24, 2.45) is 0 Å². The molecule has 1 aromatic heterocycles. The van der Waals surface area contributed by atoms with Crippen LogP contribution in [0.4, 0.5) is 14.6 Å². The molecule has 0 bridgehead atoms. The number of rotatable bonds is 4. The van der Waals surface area contributed by atoms with E-state index in [4.69, 9.17) is 4.74 Å². The highest BCUT2D eigenvalue weighted by molar-refractivity contribution is 5.78. The van der Waals surface area contributed by atoms with E-state index >= 15 is 0 Å². The SMILES string of the molecule is O=C(COc1ccc(F)cc1)N1CCN(c2ncccc2F)CC1. The van der Waals surface area contributed by atoms with Crippen LogP contribution in [0, 0.1) is 11.6 Å². The normalized spacial score (nSPS) is 14.6. The van der Waals surface area contributed by atoms with Crippen molar-refractivity contribution in [3.05, 3.63) is 54.2 Å². The lowest BCUT2D eigenvalue weighted by Crippen LogP contribution is -2.50. The maximum atomic E-state index is 13.7. The number of pyridine rings is 1. The molecule has 0 spiro atoms. The first-order valence-corrected chi connectivity index (χ1v) is 7.65. The smallest absolute Gasteiger partial charge is 0.260 e. The van der Waals surface area contributed by atoms with Gasteiger partial charge in [-0.3, -0.25) is 4.79 Å². The third-order valence-corrected chi connectivity index (χ3v) is 3.85. The van der Waals surface area contributed by atoms with Gasteiger partial charge in [-0.15, -0.1) is 0 Å². The van der Waals surface area contributed by atoms with Crippen molar-refractivity contribution in [2.75, 3.05) is 37.7 Å². The maximum Gasteiger partial charge on any atom is 0.260 e. The Hall–Kier alpha value is -2.70. The van der Waals surface area contributed by atoms with Crippen LogP contribution in [0.5, 0.6) is 5.75 Å². The van der Waals surface area contributed by atoms with E-state index in [1.54, 1.807) is 17.2 Å². The molecule has 0 aliphatic carbocycles. The average Bonchev–Trinajstić information content (AvgIpc) is 2.61. The van der Waals surface area contributed by atoms with Gasteiger partial charge < -0.3 is 14.5 Å². The highest BCUT2D eigenvalue weighted by Crippen LogP contribution is 2.17. The Bertz CT molecular complexity index is 701. The van der Waals surface area contributed by atoms with Gasteiger partial charge in [-0.1, -0.05) is 0 Å². The Labute approximate surface area is 138 Å². The van der Waals surface area contributed by atoms with Crippen LogP contribution in [0.15, 0.2) is 42.6 Å². The molecule has 1 amide bonds. The van der Waals surface area contributed by atoms with Crippen LogP contribution >= 0.6 is 0 Å². The van der Waals surface area contributed by atoms with Gasteiger partial charge in [0.1, 0.15) is 11.6 Å². The molecule has 1 saturated heterocycles. The molecule has 1 aromatic carbocycles. The highest BCUT2D eigenvalue weighted by Gasteiger charge is 2.23. The fourth-order valence-corrected chi connectivity index (χ4v) is 2.54. The van der Waals surface area contributed by atoms with E-state index in [1.807, 2.05) is 4.90 Å². The van der Waals surface area contributed by atoms with Crippen molar-refractivity contribution in [3.8, 4) is 5.75 Å². The summed E-state index contributed by atoms with van der Waals surface area (Å²) < 4.78 is 31.9. The number of piperazine rings is 1. The zero-order valence-electron chi connectivity index (χ0n) is 13.0. The summed E-state index contributed by atoms with van der Waals surface area (Å²) >= 11 is 0. The molecule has 0 radical (unpaired) electrons. The largest absolute Gasteiger partial charge is 0.484 e. The number of halogens is 2. The van der Waals surface area contributed by atoms with Crippen molar-refractivity contribution >= 4 is 11.7 Å². The summed E-state index contributed by atoms with van der Waals surface area (Å²) in [5.41, 5.74) is 0. The van der Waals surface area contributed by atoms with E-state index < -0.39 is 0 Å². The minimum Gasteiger partial charge on any atom is -0.484 e. The van der Waals surface area contributed by atoms with Gasteiger partial charge in [0.2, 0.25) is 0 Å². The monoisotopic (exact) mass is 333 g/mol. The second-order valence-electron chi connectivity index (χ2n) is 5.42. The molecule has 24 heavy (non-hydrogen) atoms. The molecule has 1 fully saturated rings. The van der Waals surface area contributed by atoms with Crippen LogP contribution in [0.2, 0.25) is 0 Å². The number of anilines is 1. The Kier molecular flexibility index (Phi) is 4.88. The first kappa shape index (κ1) is 16.2. The lowest BCUT2D eigenvalue weighted by molar-refractivity contribution is -0.133. The first-order valence-electron chi connectivity index (χ1n) is 7.65. The number of hydrogen-bond donors (Lipinski definition) is 0. The van der Waals surface area contributed by atoms with Crippen LogP contribution in [-0.2, 0) is 4.79 Å². The molecule has 3 rings (SSSR count). The van der Waals surface area contributed by atoms with Gasteiger partial charge in [-0.2, -0.15) is 0 Å². The van der Waals surface area contributed by atoms with Gasteiger partial charge in [-0.05, 0) is 36.4 Å². The minimum atomic E-state index is -0.364. The molecule has 126 valence electrons. The van der Waals surface area contributed by atoms with Crippen LogP contribution in [0.25, 0.3) is 0 Å². The summed E-state index contributed by atoms with van der Waals surface area (Å²) in [6.07, 6.45) is 1.55. The van der Waals surface area contributed by atoms with Crippen LogP contribution < -0.4 is 9.64 Å². The van der Waals surface area contributed by atoms with E-state index in [2.05, 4.69) is 4.98 Å². The third-order valence-electron chi connectivity index (χ3n) is 3.85. The average molecular weight is 333 g/mol. The van der Waals surface area contributed by atoms with E-state index in [-0.39, 0.29) is 24.1 Å². The van der Waals surface area contributed by atoms with Crippen LogP contribution in [0.3, 0.4) is 0 Å². The van der Waals surface area contributed by atoms with Crippen molar-refractivity contribution in [1.29, 1.82) is 0 Å². The third kappa shape index (κ3) is 3.79. The number of nitrogens with zero attached hydrogens (tertiary/aromatic N) is 3. The van der Waals surface area contributed by atoms with Gasteiger partial charge in [0.15, 0.2) is 18.2 Å². The molecule has 1 aliphatic heterocycles. The summed E-state index contributed by atoms with van der Waals surface area (Å²) in [7, 11) is 0. The number of ether oxygens (including phenoxy) is 1. The predicted octanol–water partition coefficient (Wildman–Crippen LogP) is 2.09. The van der Waals surface area contributed by atoms with Crippen molar-refractivity contribution < 1.29 is 18.3 Å². The van der Waals surface area contributed by atoms with Gasteiger partial charge >= 0.3 is 0 Å². The Balaban J connectivity index is 1.50. The summed E-state index contributed by atoms with van der Waals surface area (Å²) in [5, 5.41) is 0. The summed E-state index contributed by atoms with van der Waals surface area (Å²) in [6.45, 7) is 1.86. The fourth-order valence-electron chi connectivity index (χ4n) is 2.54. The predicted molar refractivity (Wildman–Crippen MR) is 84.9 cm³/mol. The molecule has 2 heterocycles. The van der Waals surface area contributed by atoms with E-state index in [1.165, 1.54) is 30.3 Å². The van der Waals surface area contributed by atoms with Crippen LogP contribution in [-0.4, -0.2) is 48.6 Å². The molecule has 7 heteroatoms. The fraction of sp³-hybridized carbons (Fsp3) is 0.294. The van der Waals surface area contributed by atoms with Crippen molar-refractivity contribution in [2.45, 2.75) is 0 Å². The lowest BCUT2D eigenvalue weighted by Gasteiger charge is -2.35. The van der Waals surface area contributed by atoms with Gasteiger partial charge in [0.05, 0.1) is 0 Å². The summed E-state index contributed by atoms with van der Waals surface area (Å²) in [6, 6.07) is 8.43. The Morgan fingerprint density at radius 3 is 2.46 bits per heavy atom. The van der Waals surface area contributed by atoms with Crippen molar-refractivity contribution in [1.82, 2.24) is 9.88 Å². The molecule has 2 aromatic rings. The molecular formula is C17H17F2N3O2. The van der Waals surface area contributed by atoms with E-state index in [9.17, 15) is 13.6 Å². The molecule has 0 atom stereocenters. The lowest BCUT2D eigenvalue weighted by atomic mass is 10.3. The topological polar surface area (TPSA) is 45.7 Å². The van der Waals surface area contributed by atoms with E-state index in [0.717, 1.165) is 0 Å². The molecule has 0 unspecified atom stereocenters. The Morgan fingerprint density at radius 1 is 1.08 bits per heavy atom. The van der Waals surface area contributed by atoms with E-state index in [0.29, 0.717) is 37.7 Å². The van der Waals surface area contributed by atoms with Gasteiger partial charge in [0.25, 0.3) is 5.91 Å². The number of hydrogen-bond acceptors (Lipinski definition) is 4. The zero-order chi connectivity index (χ0) is 16.9. The van der Waals surface area contributed by atoms with Gasteiger partial charge in [-0.25, -0.2) is 13.8 Å². The second-order valence-corrected chi connectivity index (χ2v) is 5.42. The molecule has 5 nitrogen and oxygen atoms in total. The summed E-state index contributed by atoms with van der Waals surface area (Å²) in [5.74, 6) is -0.116. The second kappa shape index (κ2) is 7.25. The number of aromatic nitrogens is 1. The first-order chi connectivity index (χ1) is 11.6. The Morgan fingerprint density at radius 2 is 1.79 bits per heavy atom. The maximum absolute atomic E-state index is 13.7. The highest BCUT2D eigenvalue weighted by atomic mass is 19.1. The number of carbonyl (C=O) groups excluding carboxylic acids is 1. The van der Waals surface area contributed by atoms with Gasteiger partial charge in [0, 0.05) is 32.4 Å². The molecular weight excluding hydrogens is 316 g/mol. The van der Waals surface area contributed by atoms with Crippen LogP contribution in [0.1, 0.15) is 0 Å². The molecule has 0 N–H and O–H groups in total.